The average molecular weight is 241 g/mol. The summed E-state index contributed by atoms with van der Waals surface area (Å²) in [6.45, 7) is 0.769. The molecule has 0 fully saturated rings. The standard InChI is InChI=1S/C13H11N3S/c17-13-15-12-11(7-4-8-14-12)16(13)9-10-5-2-1-3-6-10/h1-8H,9H2,(H,14,15,17). The first kappa shape index (κ1) is 10.2. The molecule has 1 aromatic carbocycles. The van der Waals surface area contributed by atoms with Crippen molar-refractivity contribution in [1.82, 2.24) is 14.5 Å². The molecule has 3 aromatic rings. The minimum atomic E-state index is 0.711. The summed E-state index contributed by atoms with van der Waals surface area (Å²) in [4.78, 5) is 7.38. The highest BCUT2D eigenvalue weighted by Crippen LogP contribution is 2.13. The Morgan fingerprint density at radius 3 is 2.76 bits per heavy atom. The van der Waals surface area contributed by atoms with E-state index in [2.05, 4.69) is 26.7 Å². The minimum absolute atomic E-state index is 0.711. The summed E-state index contributed by atoms with van der Waals surface area (Å²) in [5.74, 6) is 0. The number of rotatable bonds is 2. The van der Waals surface area contributed by atoms with Gasteiger partial charge in [-0.05, 0) is 29.9 Å². The van der Waals surface area contributed by atoms with Crippen LogP contribution in [-0.2, 0) is 6.54 Å². The van der Waals surface area contributed by atoms with Gasteiger partial charge < -0.3 is 9.55 Å². The van der Waals surface area contributed by atoms with Crippen molar-refractivity contribution < 1.29 is 0 Å². The molecule has 2 aromatic heterocycles. The van der Waals surface area contributed by atoms with Crippen molar-refractivity contribution in [2.75, 3.05) is 0 Å². The summed E-state index contributed by atoms with van der Waals surface area (Å²) in [6, 6.07) is 14.2. The van der Waals surface area contributed by atoms with Crippen LogP contribution < -0.4 is 0 Å². The van der Waals surface area contributed by atoms with Crippen LogP contribution in [0.25, 0.3) is 11.2 Å². The summed E-state index contributed by atoms with van der Waals surface area (Å²) in [5.41, 5.74) is 3.11. The van der Waals surface area contributed by atoms with Crippen molar-refractivity contribution in [1.29, 1.82) is 0 Å². The largest absolute Gasteiger partial charge is 0.315 e. The molecule has 0 saturated carbocycles. The molecule has 3 nitrogen and oxygen atoms in total. The average Bonchev–Trinajstić information content (AvgIpc) is 2.68. The fourth-order valence-electron chi connectivity index (χ4n) is 1.91. The van der Waals surface area contributed by atoms with Crippen LogP contribution >= 0.6 is 12.2 Å². The topological polar surface area (TPSA) is 33.6 Å². The molecule has 0 saturated heterocycles. The number of pyridine rings is 1. The molecule has 0 amide bonds. The Balaban J connectivity index is 2.12. The molecule has 3 rings (SSSR count). The number of nitrogens with zero attached hydrogens (tertiary/aromatic N) is 2. The molecule has 0 radical (unpaired) electrons. The second kappa shape index (κ2) is 4.14. The summed E-state index contributed by atoms with van der Waals surface area (Å²) < 4.78 is 2.77. The van der Waals surface area contributed by atoms with E-state index in [4.69, 9.17) is 12.2 Å². The Labute approximate surface area is 104 Å². The van der Waals surface area contributed by atoms with E-state index in [0.717, 1.165) is 17.7 Å². The number of hydrogen-bond donors (Lipinski definition) is 1. The summed E-state index contributed by atoms with van der Waals surface area (Å²) in [6.07, 6.45) is 1.76. The number of benzene rings is 1. The van der Waals surface area contributed by atoms with Gasteiger partial charge in [0.05, 0.1) is 12.1 Å². The Bertz CT molecular complexity index is 697. The van der Waals surface area contributed by atoms with Crippen LogP contribution in [0.5, 0.6) is 0 Å². The molecule has 0 bridgehead atoms. The molecule has 84 valence electrons. The second-order valence-corrected chi connectivity index (χ2v) is 4.26. The van der Waals surface area contributed by atoms with Gasteiger partial charge in [0.25, 0.3) is 0 Å². The molecule has 4 heteroatoms. The van der Waals surface area contributed by atoms with Gasteiger partial charge in [0.1, 0.15) is 0 Å². The highest BCUT2D eigenvalue weighted by molar-refractivity contribution is 7.71. The maximum Gasteiger partial charge on any atom is 0.179 e. The lowest BCUT2D eigenvalue weighted by atomic mass is 10.2. The fourth-order valence-corrected chi connectivity index (χ4v) is 2.17. The van der Waals surface area contributed by atoms with Crippen LogP contribution in [0.15, 0.2) is 48.7 Å². The molecule has 17 heavy (non-hydrogen) atoms. The number of aromatic nitrogens is 3. The normalized spacial score (nSPS) is 10.8. The third kappa shape index (κ3) is 1.87. The van der Waals surface area contributed by atoms with E-state index in [0.29, 0.717) is 4.77 Å². The van der Waals surface area contributed by atoms with Crippen LogP contribution in [0.2, 0.25) is 0 Å². The lowest BCUT2D eigenvalue weighted by Gasteiger charge is -2.03. The van der Waals surface area contributed by atoms with Gasteiger partial charge in [0.15, 0.2) is 10.4 Å². The van der Waals surface area contributed by atoms with Crippen molar-refractivity contribution in [3.8, 4) is 0 Å². The first-order valence-corrected chi connectivity index (χ1v) is 5.83. The first-order valence-electron chi connectivity index (χ1n) is 5.42. The van der Waals surface area contributed by atoms with Gasteiger partial charge in [-0.15, -0.1) is 0 Å². The van der Waals surface area contributed by atoms with Gasteiger partial charge >= 0.3 is 0 Å². The highest BCUT2D eigenvalue weighted by atomic mass is 32.1. The molecule has 0 aliphatic carbocycles. The molecular weight excluding hydrogens is 230 g/mol. The Hall–Kier alpha value is -1.94. The number of hydrogen-bond acceptors (Lipinski definition) is 2. The van der Waals surface area contributed by atoms with Crippen LogP contribution in [0.3, 0.4) is 0 Å². The van der Waals surface area contributed by atoms with Crippen molar-refractivity contribution in [2.45, 2.75) is 6.54 Å². The number of nitrogens with one attached hydrogen (secondary N) is 1. The van der Waals surface area contributed by atoms with Crippen LogP contribution in [-0.4, -0.2) is 14.5 Å². The van der Waals surface area contributed by atoms with Gasteiger partial charge in [0.2, 0.25) is 0 Å². The Kier molecular flexibility index (Phi) is 2.49. The molecule has 1 N–H and O–H groups in total. The number of imidazole rings is 1. The maximum absolute atomic E-state index is 5.32. The third-order valence-corrected chi connectivity index (χ3v) is 3.05. The van der Waals surface area contributed by atoms with Gasteiger partial charge in [-0.1, -0.05) is 30.3 Å². The maximum atomic E-state index is 5.32. The number of aromatic amines is 1. The van der Waals surface area contributed by atoms with E-state index < -0.39 is 0 Å². The Morgan fingerprint density at radius 2 is 1.94 bits per heavy atom. The zero-order valence-corrected chi connectivity index (χ0v) is 9.95. The Morgan fingerprint density at radius 1 is 1.12 bits per heavy atom. The lowest BCUT2D eigenvalue weighted by Crippen LogP contribution is -1.99. The molecule has 0 spiro atoms. The number of H-pyrrole nitrogens is 1. The smallest absolute Gasteiger partial charge is 0.179 e. The monoisotopic (exact) mass is 241 g/mol. The predicted molar refractivity (Wildman–Crippen MR) is 70.5 cm³/mol. The quantitative estimate of drug-likeness (QED) is 0.699. The molecule has 0 aliphatic heterocycles. The zero-order valence-electron chi connectivity index (χ0n) is 9.13. The van der Waals surface area contributed by atoms with Crippen molar-refractivity contribution in [3.63, 3.8) is 0 Å². The minimum Gasteiger partial charge on any atom is -0.315 e. The fraction of sp³-hybridized carbons (Fsp3) is 0.0769. The molecule has 0 aliphatic rings. The van der Waals surface area contributed by atoms with Crippen LogP contribution in [0, 0.1) is 4.77 Å². The van der Waals surface area contributed by atoms with Gasteiger partial charge in [-0.25, -0.2) is 4.98 Å². The van der Waals surface area contributed by atoms with Gasteiger partial charge in [-0.2, -0.15) is 0 Å². The predicted octanol–water partition coefficient (Wildman–Crippen LogP) is 3.14. The van der Waals surface area contributed by atoms with E-state index in [1.807, 2.05) is 30.3 Å². The van der Waals surface area contributed by atoms with E-state index in [-0.39, 0.29) is 0 Å². The second-order valence-electron chi connectivity index (χ2n) is 3.87. The zero-order chi connectivity index (χ0) is 11.7. The SMILES string of the molecule is S=c1[nH]c2ncccc2n1Cc1ccccc1. The van der Waals surface area contributed by atoms with Crippen molar-refractivity contribution in [3.05, 3.63) is 59.0 Å². The molecular formula is C13H11N3S. The molecule has 2 heterocycles. The number of fused-ring (bicyclic) bond motifs is 1. The van der Waals surface area contributed by atoms with E-state index in [9.17, 15) is 0 Å². The summed E-state index contributed by atoms with van der Waals surface area (Å²) in [7, 11) is 0. The van der Waals surface area contributed by atoms with E-state index in [1.165, 1.54) is 5.56 Å². The summed E-state index contributed by atoms with van der Waals surface area (Å²) in [5, 5.41) is 0. The third-order valence-electron chi connectivity index (χ3n) is 2.73. The van der Waals surface area contributed by atoms with Gasteiger partial charge in [0, 0.05) is 6.20 Å². The first-order chi connectivity index (χ1) is 8.34. The molecule has 0 atom stereocenters. The van der Waals surface area contributed by atoms with E-state index in [1.54, 1.807) is 6.20 Å². The lowest BCUT2D eigenvalue weighted by molar-refractivity contribution is 0.810. The van der Waals surface area contributed by atoms with Crippen LogP contribution in [0.1, 0.15) is 5.56 Å². The summed E-state index contributed by atoms with van der Waals surface area (Å²) >= 11 is 5.32. The highest BCUT2D eigenvalue weighted by Gasteiger charge is 2.04. The van der Waals surface area contributed by atoms with Crippen molar-refractivity contribution in [2.24, 2.45) is 0 Å². The van der Waals surface area contributed by atoms with Crippen molar-refractivity contribution >= 4 is 23.4 Å². The molecule has 0 unspecified atom stereocenters. The van der Waals surface area contributed by atoms with E-state index >= 15 is 0 Å². The van der Waals surface area contributed by atoms with Gasteiger partial charge in [-0.3, -0.25) is 0 Å². The van der Waals surface area contributed by atoms with Crippen LogP contribution in [0.4, 0.5) is 0 Å².